The average Bonchev–Trinajstić information content (AvgIpc) is 2.19. The summed E-state index contributed by atoms with van der Waals surface area (Å²) in [5, 5.41) is 0. The fourth-order valence-electron chi connectivity index (χ4n) is 1.41. The number of hydrogen-bond donors (Lipinski definition) is 0. The zero-order chi connectivity index (χ0) is 12.1. The first-order valence-corrected chi connectivity index (χ1v) is 6.21. The van der Waals surface area contributed by atoms with Crippen molar-refractivity contribution in [2.75, 3.05) is 6.61 Å². The fourth-order valence-corrected chi connectivity index (χ4v) is 1.79. The summed E-state index contributed by atoms with van der Waals surface area (Å²) in [4.78, 5) is 10.8. The van der Waals surface area contributed by atoms with Crippen LogP contribution in [0, 0.1) is 0 Å². The molecule has 1 rings (SSSR count). The van der Waals surface area contributed by atoms with E-state index < -0.39 is 0 Å². The largest absolute Gasteiger partial charge is 0.493 e. The monoisotopic (exact) mass is 284 g/mol. The van der Waals surface area contributed by atoms with Crippen molar-refractivity contribution in [2.24, 2.45) is 0 Å². The smallest absolute Gasteiger partial charge is 0.133 e. The molecule has 0 aliphatic rings. The van der Waals surface area contributed by atoms with Crippen LogP contribution in [0.15, 0.2) is 22.7 Å². The average molecular weight is 285 g/mol. The molecule has 0 bridgehead atoms. The number of carbonyl (C=O) groups is 1. The van der Waals surface area contributed by atoms with Crippen LogP contribution in [0.2, 0.25) is 0 Å². The second-order valence-corrected chi connectivity index (χ2v) is 5.05. The van der Waals surface area contributed by atoms with Gasteiger partial charge >= 0.3 is 0 Å². The van der Waals surface area contributed by atoms with Crippen LogP contribution in [0.25, 0.3) is 0 Å². The standard InChI is InChI=1S/C13H17BrO2/c1-9(2)12-8-11(14)4-5-13(12)16-7-6-10(3)15/h4-5,8-9H,6-7H2,1-3H3. The SMILES string of the molecule is CC(=O)CCOc1ccc(Br)cc1C(C)C. The third-order valence-electron chi connectivity index (χ3n) is 2.31. The van der Waals surface area contributed by atoms with Gasteiger partial charge in [-0.3, -0.25) is 4.79 Å². The van der Waals surface area contributed by atoms with Crippen LogP contribution in [-0.4, -0.2) is 12.4 Å². The van der Waals surface area contributed by atoms with Crippen LogP contribution in [0.3, 0.4) is 0 Å². The number of halogens is 1. The predicted octanol–water partition coefficient (Wildman–Crippen LogP) is 3.93. The van der Waals surface area contributed by atoms with Gasteiger partial charge in [-0.05, 0) is 36.6 Å². The summed E-state index contributed by atoms with van der Waals surface area (Å²) in [5.74, 6) is 1.44. The Labute approximate surface area is 105 Å². The molecular formula is C13H17BrO2. The van der Waals surface area contributed by atoms with Crippen LogP contribution >= 0.6 is 15.9 Å². The van der Waals surface area contributed by atoms with Crippen molar-refractivity contribution in [3.63, 3.8) is 0 Å². The van der Waals surface area contributed by atoms with E-state index in [9.17, 15) is 4.79 Å². The molecule has 0 fully saturated rings. The molecule has 2 nitrogen and oxygen atoms in total. The third-order valence-corrected chi connectivity index (χ3v) is 2.80. The van der Waals surface area contributed by atoms with Crippen LogP contribution in [0.5, 0.6) is 5.75 Å². The Kier molecular flexibility index (Phi) is 5.00. The molecule has 0 amide bonds. The van der Waals surface area contributed by atoms with E-state index in [0.29, 0.717) is 18.9 Å². The number of ether oxygens (including phenoxy) is 1. The number of benzene rings is 1. The number of Topliss-reactive ketones (excluding diaryl/α,β-unsaturated/α-hetero) is 1. The van der Waals surface area contributed by atoms with E-state index in [1.807, 2.05) is 12.1 Å². The van der Waals surface area contributed by atoms with Crippen LogP contribution < -0.4 is 4.74 Å². The van der Waals surface area contributed by atoms with Gasteiger partial charge in [0.05, 0.1) is 6.61 Å². The normalized spacial score (nSPS) is 10.6. The second-order valence-electron chi connectivity index (χ2n) is 4.14. The first-order chi connectivity index (χ1) is 7.50. The Hall–Kier alpha value is -0.830. The summed E-state index contributed by atoms with van der Waals surface area (Å²) >= 11 is 3.45. The van der Waals surface area contributed by atoms with Gasteiger partial charge in [-0.2, -0.15) is 0 Å². The van der Waals surface area contributed by atoms with Gasteiger partial charge in [0.15, 0.2) is 0 Å². The molecular weight excluding hydrogens is 268 g/mol. The predicted molar refractivity (Wildman–Crippen MR) is 69.0 cm³/mol. The molecule has 0 saturated heterocycles. The first-order valence-electron chi connectivity index (χ1n) is 5.42. The van der Waals surface area contributed by atoms with Crippen molar-refractivity contribution in [3.8, 4) is 5.75 Å². The van der Waals surface area contributed by atoms with E-state index in [2.05, 4.69) is 35.8 Å². The van der Waals surface area contributed by atoms with Crippen LogP contribution in [0.4, 0.5) is 0 Å². The zero-order valence-electron chi connectivity index (χ0n) is 9.92. The van der Waals surface area contributed by atoms with Crippen molar-refractivity contribution < 1.29 is 9.53 Å². The topological polar surface area (TPSA) is 26.3 Å². The van der Waals surface area contributed by atoms with Crippen LogP contribution in [-0.2, 0) is 4.79 Å². The highest BCUT2D eigenvalue weighted by molar-refractivity contribution is 9.10. The van der Waals surface area contributed by atoms with Gasteiger partial charge in [-0.15, -0.1) is 0 Å². The maximum atomic E-state index is 10.8. The quantitative estimate of drug-likeness (QED) is 0.819. The molecule has 0 heterocycles. The number of hydrogen-bond acceptors (Lipinski definition) is 2. The molecule has 0 atom stereocenters. The zero-order valence-corrected chi connectivity index (χ0v) is 11.5. The number of ketones is 1. The maximum Gasteiger partial charge on any atom is 0.133 e. The molecule has 0 N–H and O–H groups in total. The van der Waals surface area contributed by atoms with Gasteiger partial charge in [0.2, 0.25) is 0 Å². The van der Waals surface area contributed by atoms with Gasteiger partial charge in [0, 0.05) is 10.9 Å². The summed E-state index contributed by atoms with van der Waals surface area (Å²) in [6.07, 6.45) is 0.466. The summed E-state index contributed by atoms with van der Waals surface area (Å²) in [6.45, 7) is 6.28. The summed E-state index contributed by atoms with van der Waals surface area (Å²) in [5.41, 5.74) is 1.16. The third kappa shape index (κ3) is 3.97. The van der Waals surface area contributed by atoms with Gasteiger partial charge < -0.3 is 4.74 Å². The summed E-state index contributed by atoms with van der Waals surface area (Å²) in [7, 11) is 0. The fraction of sp³-hybridized carbons (Fsp3) is 0.462. The van der Waals surface area contributed by atoms with E-state index in [4.69, 9.17) is 4.74 Å². The lowest BCUT2D eigenvalue weighted by Gasteiger charge is -2.14. The highest BCUT2D eigenvalue weighted by Gasteiger charge is 2.08. The molecule has 0 spiro atoms. The van der Waals surface area contributed by atoms with Gasteiger partial charge in [-0.25, -0.2) is 0 Å². The minimum atomic E-state index is 0.156. The summed E-state index contributed by atoms with van der Waals surface area (Å²) < 4.78 is 6.67. The van der Waals surface area contributed by atoms with Crippen LogP contribution in [0.1, 0.15) is 38.7 Å². The van der Waals surface area contributed by atoms with Crippen molar-refractivity contribution in [1.82, 2.24) is 0 Å². The molecule has 1 aromatic carbocycles. The number of carbonyl (C=O) groups excluding carboxylic acids is 1. The van der Waals surface area contributed by atoms with E-state index >= 15 is 0 Å². The lowest BCUT2D eigenvalue weighted by Crippen LogP contribution is -2.05. The molecule has 88 valence electrons. The highest BCUT2D eigenvalue weighted by Crippen LogP contribution is 2.29. The van der Waals surface area contributed by atoms with E-state index in [1.165, 1.54) is 0 Å². The minimum Gasteiger partial charge on any atom is -0.493 e. The Morgan fingerprint density at radius 1 is 1.44 bits per heavy atom. The molecule has 1 aromatic rings. The Morgan fingerprint density at radius 2 is 2.12 bits per heavy atom. The Balaban J connectivity index is 2.74. The van der Waals surface area contributed by atoms with Gasteiger partial charge in [0.25, 0.3) is 0 Å². The van der Waals surface area contributed by atoms with Crippen molar-refractivity contribution >= 4 is 21.7 Å². The lowest BCUT2D eigenvalue weighted by molar-refractivity contribution is -0.117. The van der Waals surface area contributed by atoms with Crippen molar-refractivity contribution in [2.45, 2.75) is 33.1 Å². The molecule has 0 unspecified atom stereocenters. The molecule has 0 aromatic heterocycles. The van der Waals surface area contributed by atoms with E-state index in [0.717, 1.165) is 15.8 Å². The molecule has 0 radical (unpaired) electrons. The molecule has 0 saturated carbocycles. The Morgan fingerprint density at radius 3 is 2.69 bits per heavy atom. The first kappa shape index (κ1) is 13.2. The molecule has 3 heteroatoms. The van der Waals surface area contributed by atoms with Crippen molar-refractivity contribution in [1.29, 1.82) is 0 Å². The second kappa shape index (κ2) is 6.04. The molecule has 16 heavy (non-hydrogen) atoms. The molecule has 0 aliphatic carbocycles. The Bertz CT molecular complexity index is 372. The van der Waals surface area contributed by atoms with Gasteiger partial charge in [0.1, 0.15) is 11.5 Å². The summed E-state index contributed by atoms with van der Waals surface area (Å²) in [6, 6.07) is 5.96. The minimum absolute atomic E-state index is 0.156. The highest BCUT2D eigenvalue weighted by atomic mass is 79.9. The van der Waals surface area contributed by atoms with E-state index in [1.54, 1.807) is 6.92 Å². The number of rotatable bonds is 5. The lowest BCUT2D eigenvalue weighted by atomic mass is 10.0. The van der Waals surface area contributed by atoms with E-state index in [-0.39, 0.29) is 5.78 Å². The maximum absolute atomic E-state index is 10.8. The van der Waals surface area contributed by atoms with Crippen molar-refractivity contribution in [3.05, 3.63) is 28.2 Å². The van der Waals surface area contributed by atoms with Gasteiger partial charge in [-0.1, -0.05) is 29.8 Å². The molecule has 0 aliphatic heterocycles.